The quantitative estimate of drug-likeness (QED) is 0.733. The van der Waals surface area contributed by atoms with Crippen molar-refractivity contribution in [1.82, 2.24) is 15.5 Å². The lowest BCUT2D eigenvalue weighted by molar-refractivity contribution is -0.133. The fourth-order valence-electron chi connectivity index (χ4n) is 2.73. The van der Waals surface area contributed by atoms with Crippen molar-refractivity contribution in [3.63, 3.8) is 0 Å². The van der Waals surface area contributed by atoms with Crippen molar-refractivity contribution in [1.29, 1.82) is 0 Å². The summed E-state index contributed by atoms with van der Waals surface area (Å²) >= 11 is 0. The molecule has 1 aliphatic rings. The third kappa shape index (κ3) is 4.01. The summed E-state index contributed by atoms with van der Waals surface area (Å²) in [5, 5.41) is 5.09. The van der Waals surface area contributed by atoms with Gasteiger partial charge in [-0.1, -0.05) is 17.7 Å². The minimum Gasteiger partial charge on any atom is -0.355 e. The number of hydrogen-bond acceptors (Lipinski definition) is 4. The maximum atomic E-state index is 12.6. The van der Waals surface area contributed by atoms with Gasteiger partial charge in [0, 0.05) is 12.2 Å². The first-order chi connectivity index (χ1) is 12.3. The van der Waals surface area contributed by atoms with Crippen LogP contribution in [0.4, 0.5) is 10.5 Å². The van der Waals surface area contributed by atoms with Gasteiger partial charge in [-0.15, -0.1) is 0 Å². The van der Waals surface area contributed by atoms with Crippen LogP contribution in [0.3, 0.4) is 0 Å². The van der Waals surface area contributed by atoms with E-state index in [4.69, 9.17) is 0 Å². The van der Waals surface area contributed by atoms with Crippen LogP contribution in [-0.4, -0.2) is 53.8 Å². The maximum Gasteiger partial charge on any atom is 0.332 e. The highest BCUT2D eigenvalue weighted by Gasteiger charge is 2.44. The van der Waals surface area contributed by atoms with E-state index in [0.29, 0.717) is 12.2 Å². The third-order valence-electron chi connectivity index (χ3n) is 4.18. The minimum absolute atomic E-state index is 0.324. The summed E-state index contributed by atoms with van der Waals surface area (Å²) in [6, 6.07) is 5.23. The molecular weight excluding hydrogens is 336 g/mol. The Morgan fingerprint density at radius 2 is 1.81 bits per heavy atom. The van der Waals surface area contributed by atoms with Gasteiger partial charge in [-0.05, 0) is 39.8 Å². The minimum atomic E-state index is -0.749. The Balaban J connectivity index is 2.07. The second-order valence-electron chi connectivity index (χ2n) is 6.27. The van der Waals surface area contributed by atoms with Gasteiger partial charge < -0.3 is 10.6 Å². The van der Waals surface area contributed by atoms with Crippen molar-refractivity contribution < 1.29 is 19.2 Å². The van der Waals surface area contributed by atoms with E-state index in [1.54, 1.807) is 26.0 Å². The molecule has 5 amide bonds. The summed E-state index contributed by atoms with van der Waals surface area (Å²) in [4.78, 5) is 51.2. The highest BCUT2D eigenvalue weighted by molar-refractivity contribution is 6.15. The number of aryl methyl sites for hydroxylation is 1. The lowest BCUT2D eigenvalue weighted by atomic mass is 10.2. The van der Waals surface area contributed by atoms with Crippen LogP contribution < -0.4 is 15.5 Å². The molecule has 0 aliphatic carbocycles. The summed E-state index contributed by atoms with van der Waals surface area (Å²) < 4.78 is 0. The predicted octanol–water partition coefficient (Wildman–Crippen LogP) is 0.793. The molecule has 1 saturated heterocycles. The molecule has 0 bridgehead atoms. The Kier molecular flexibility index (Phi) is 5.97. The van der Waals surface area contributed by atoms with E-state index < -0.39 is 36.5 Å². The number of benzene rings is 1. The molecule has 26 heavy (non-hydrogen) atoms. The van der Waals surface area contributed by atoms with Crippen molar-refractivity contribution in [2.24, 2.45) is 0 Å². The average molecular weight is 360 g/mol. The van der Waals surface area contributed by atoms with E-state index in [1.165, 1.54) is 11.8 Å². The molecule has 2 rings (SSSR count). The Hall–Kier alpha value is -2.90. The Bertz CT molecular complexity index is 716. The first-order valence-corrected chi connectivity index (χ1v) is 8.54. The number of nitrogens with one attached hydrogen (secondary N) is 2. The number of nitrogens with zero attached hydrogens (tertiary/aromatic N) is 2. The predicted molar refractivity (Wildman–Crippen MR) is 96.5 cm³/mol. The topological polar surface area (TPSA) is 98.8 Å². The van der Waals surface area contributed by atoms with Gasteiger partial charge >= 0.3 is 6.03 Å². The smallest absolute Gasteiger partial charge is 0.332 e. The van der Waals surface area contributed by atoms with E-state index in [0.717, 1.165) is 10.5 Å². The summed E-state index contributed by atoms with van der Waals surface area (Å²) in [6.45, 7) is 6.89. The van der Waals surface area contributed by atoms with Crippen LogP contribution >= 0.6 is 0 Å². The van der Waals surface area contributed by atoms with Crippen molar-refractivity contribution in [2.45, 2.75) is 39.8 Å². The normalized spacial score (nSPS) is 18.1. The number of rotatable bonds is 6. The van der Waals surface area contributed by atoms with Crippen LogP contribution in [0.1, 0.15) is 26.3 Å². The van der Waals surface area contributed by atoms with Gasteiger partial charge in [0.15, 0.2) is 0 Å². The molecule has 0 radical (unpaired) electrons. The molecule has 1 aromatic carbocycles. The molecule has 1 fully saturated rings. The van der Waals surface area contributed by atoms with Gasteiger partial charge in [0.1, 0.15) is 18.6 Å². The largest absolute Gasteiger partial charge is 0.355 e. The molecule has 2 N–H and O–H groups in total. The SMILES string of the molecule is CCNC(=O)[C@@H](C)NC(=O)CN1C(=O)[C@@H](C)N(c2ccc(C)cc2)C1=O. The number of amides is 5. The Labute approximate surface area is 152 Å². The zero-order chi connectivity index (χ0) is 19.4. The van der Waals surface area contributed by atoms with Gasteiger partial charge in [-0.3, -0.25) is 24.2 Å². The van der Waals surface area contributed by atoms with Crippen LogP contribution in [0.15, 0.2) is 24.3 Å². The monoisotopic (exact) mass is 360 g/mol. The maximum absolute atomic E-state index is 12.6. The van der Waals surface area contributed by atoms with Gasteiger partial charge in [0.2, 0.25) is 11.8 Å². The van der Waals surface area contributed by atoms with Crippen LogP contribution in [-0.2, 0) is 14.4 Å². The van der Waals surface area contributed by atoms with Crippen molar-refractivity contribution >= 4 is 29.4 Å². The highest BCUT2D eigenvalue weighted by atomic mass is 16.2. The van der Waals surface area contributed by atoms with E-state index in [2.05, 4.69) is 10.6 Å². The molecule has 0 unspecified atom stereocenters. The number of imide groups is 1. The fraction of sp³-hybridized carbons (Fsp3) is 0.444. The van der Waals surface area contributed by atoms with Crippen LogP contribution in [0.25, 0.3) is 0 Å². The van der Waals surface area contributed by atoms with Crippen LogP contribution in [0.5, 0.6) is 0 Å². The van der Waals surface area contributed by atoms with Gasteiger partial charge in [0.05, 0.1) is 0 Å². The number of carbonyl (C=O) groups is 4. The molecule has 8 heteroatoms. The zero-order valence-electron chi connectivity index (χ0n) is 15.4. The van der Waals surface area contributed by atoms with Gasteiger partial charge in [-0.2, -0.15) is 0 Å². The van der Waals surface area contributed by atoms with Crippen molar-refractivity contribution in [3.8, 4) is 0 Å². The summed E-state index contributed by atoms with van der Waals surface area (Å²) in [7, 11) is 0. The number of hydrogen-bond donors (Lipinski definition) is 2. The summed E-state index contributed by atoms with van der Waals surface area (Å²) in [5.41, 5.74) is 1.63. The molecule has 0 spiro atoms. The number of likely N-dealkylation sites (N-methyl/N-ethyl adjacent to an activating group) is 1. The second kappa shape index (κ2) is 7.99. The molecular formula is C18H24N4O4. The Morgan fingerprint density at radius 3 is 2.38 bits per heavy atom. The first-order valence-electron chi connectivity index (χ1n) is 8.54. The van der Waals surface area contributed by atoms with E-state index in [-0.39, 0.29) is 5.91 Å². The number of carbonyl (C=O) groups excluding carboxylic acids is 4. The highest BCUT2D eigenvalue weighted by Crippen LogP contribution is 2.25. The average Bonchev–Trinajstić information content (AvgIpc) is 2.79. The lowest BCUT2D eigenvalue weighted by Crippen LogP contribution is -2.49. The van der Waals surface area contributed by atoms with E-state index >= 15 is 0 Å². The van der Waals surface area contributed by atoms with E-state index in [1.807, 2.05) is 19.1 Å². The van der Waals surface area contributed by atoms with Gasteiger partial charge in [-0.25, -0.2) is 4.79 Å². The summed E-state index contributed by atoms with van der Waals surface area (Å²) in [6.07, 6.45) is 0. The lowest BCUT2D eigenvalue weighted by Gasteiger charge is -2.20. The van der Waals surface area contributed by atoms with Gasteiger partial charge in [0.25, 0.3) is 5.91 Å². The molecule has 8 nitrogen and oxygen atoms in total. The van der Waals surface area contributed by atoms with Crippen molar-refractivity contribution in [3.05, 3.63) is 29.8 Å². The molecule has 2 atom stereocenters. The number of anilines is 1. The molecule has 0 aromatic heterocycles. The standard InChI is InChI=1S/C18H24N4O4/c1-5-19-16(24)12(3)20-15(23)10-21-17(25)13(4)22(18(21)26)14-8-6-11(2)7-9-14/h6-9,12-13H,5,10H2,1-4H3,(H,19,24)(H,20,23)/t12-,13-/m1/s1. The third-order valence-corrected chi connectivity index (χ3v) is 4.18. The fourth-order valence-corrected chi connectivity index (χ4v) is 2.73. The van der Waals surface area contributed by atoms with E-state index in [9.17, 15) is 19.2 Å². The van der Waals surface area contributed by atoms with Crippen LogP contribution in [0, 0.1) is 6.92 Å². The molecule has 1 aromatic rings. The molecule has 1 heterocycles. The number of urea groups is 1. The zero-order valence-corrected chi connectivity index (χ0v) is 15.4. The molecule has 0 saturated carbocycles. The first kappa shape index (κ1) is 19.4. The second-order valence-corrected chi connectivity index (χ2v) is 6.27. The Morgan fingerprint density at radius 1 is 1.19 bits per heavy atom. The summed E-state index contributed by atoms with van der Waals surface area (Å²) in [5.74, 6) is -1.34. The molecule has 140 valence electrons. The molecule has 1 aliphatic heterocycles. The van der Waals surface area contributed by atoms with Crippen LogP contribution in [0.2, 0.25) is 0 Å². The van der Waals surface area contributed by atoms with Crippen molar-refractivity contribution in [2.75, 3.05) is 18.0 Å².